The Hall–Kier alpha value is -2.45. The van der Waals surface area contributed by atoms with Gasteiger partial charge in [-0.15, -0.1) is 0 Å². The van der Waals surface area contributed by atoms with E-state index in [-0.39, 0.29) is 19.6 Å². The Kier molecular flexibility index (Phi) is 6.70. The molecular weight excluding hydrogens is 359 g/mol. The lowest BCUT2D eigenvalue weighted by Crippen LogP contribution is -2.37. The van der Waals surface area contributed by atoms with Crippen LogP contribution in [0.25, 0.3) is 0 Å². The minimum Gasteiger partial charge on any atom is -0.496 e. The summed E-state index contributed by atoms with van der Waals surface area (Å²) in [5.41, 5.74) is 1.03. The zero-order valence-corrected chi connectivity index (χ0v) is 15.4. The Morgan fingerprint density at radius 1 is 1.15 bits per heavy atom. The van der Waals surface area contributed by atoms with Gasteiger partial charge in [0.25, 0.3) is 5.91 Å². The monoisotopic (exact) mass is 380 g/mol. The predicted octanol–water partition coefficient (Wildman–Crippen LogP) is 2.03. The van der Waals surface area contributed by atoms with Crippen LogP contribution in [0.3, 0.4) is 0 Å². The molecule has 2 aromatic carbocycles. The van der Waals surface area contributed by atoms with Gasteiger partial charge >= 0.3 is 0 Å². The fourth-order valence-corrected chi connectivity index (χ4v) is 3.18. The number of nitrogens with one attached hydrogen (secondary N) is 1. The van der Waals surface area contributed by atoms with E-state index in [1.165, 1.54) is 35.7 Å². The first kappa shape index (κ1) is 19.9. The topological polar surface area (TPSA) is 75.7 Å². The van der Waals surface area contributed by atoms with Crippen LogP contribution in [0.4, 0.5) is 4.39 Å². The maximum Gasteiger partial charge on any atom is 0.251 e. The van der Waals surface area contributed by atoms with Crippen molar-refractivity contribution < 1.29 is 22.3 Å². The van der Waals surface area contributed by atoms with E-state index >= 15 is 0 Å². The van der Waals surface area contributed by atoms with Gasteiger partial charge in [0.05, 0.1) is 13.4 Å². The van der Waals surface area contributed by atoms with Crippen molar-refractivity contribution in [2.45, 2.75) is 6.54 Å². The van der Waals surface area contributed by atoms with Crippen molar-refractivity contribution in [3.8, 4) is 5.75 Å². The zero-order valence-electron chi connectivity index (χ0n) is 14.6. The molecule has 0 saturated carbocycles. The number of hydrogen-bond donors (Lipinski definition) is 1. The van der Waals surface area contributed by atoms with Crippen molar-refractivity contribution in [3.63, 3.8) is 0 Å². The van der Waals surface area contributed by atoms with Crippen molar-refractivity contribution in [2.75, 3.05) is 26.5 Å². The number of benzene rings is 2. The highest BCUT2D eigenvalue weighted by atomic mass is 32.2. The molecule has 26 heavy (non-hydrogen) atoms. The molecule has 1 amide bonds. The average molecular weight is 380 g/mol. The number of ether oxygens (including phenoxy) is 1. The van der Waals surface area contributed by atoms with Crippen LogP contribution in [0.5, 0.6) is 5.75 Å². The van der Waals surface area contributed by atoms with Gasteiger partial charge in [-0.25, -0.2) is 12.8 Å². The van der Waals surface area contributed by atoms with Gasteiger partial charge in [0, 0.05) is 30.8 Å². The summed E-state index contributed by atoms with van der Waals surface area (Å²) in [6, 6.07) is 12.3. The van der Waals surface area contributed by atoms with Crippen LogP contribution in [-0.4, -0.2) is 45.1 Å². The molecule has 2 rings (SSSR count). The third-order valence-corrected chi connectivity index (χ3v) is 5.01. The SMILES string of the molecule is COc1ccccc1CN(CCNC(=O)c1ccc(F)cc1)S(C)(=O)=O. The summed E-state index contributed by atoms with van der Waals surface area (Å²) >= 11 is 0. The van der Waals surface area contributed by atoms with E-state index in [2.05, 4.69) is 5.32 Å². The first-order valence-corrected chi connectivity index (χ1v) is 9.77. The highest BCUT2D eigenvalue weighted by Gasteiger charge is 2.19. The lowest BCUT2D eigenvalue weighted by molar-refractivity contribution is 0.0951. The van der Waals surface area contributed by atoms with Gasteiger partial charge in [0.2, 0.25) is 10.0 Å². The molecule has 0 saturated heterocycles. The van der Waals surface area contributed by atoms with Crippen LogP contribution in [0.15, 0.2) is 48.5 Å². The first-order chi connectivity index (χ1) is 12.3. The quantitative estimate of drug-likeness (QED) is 0.760. The molecule has 8 heteroatoms. The molecule has 0 aromatic heterocycles. The Morgan fingerprint density at radius 3 is 2.42 bits per heavy atom. The molecule has 6 nitrogen and oxygen atoms in total. The molecule has 2 aromatic rings. The number of para-hydroxylation sites is 1. The molecule has 0 spiro atoms. The van der Waals surface area contributed by atoms with Gasteiger partial charge in [-0.3, -0.25) is 4.79 Å². The van der Waals surface area contributed by atoms with Gasteiger partial charge in [-0.05, 0) is 30.3 Å². The van der Waals surface area contributed by atoms with E-state index in [0.29, 0.717) is 11.3 Å². The van der Waals surface area contributed by atoms with E-state index < -0.39 is 21.7 Å². The lowest BCUT2D eigenvalue weighted by Gasteiger charge is -2.21. The maximum atomic E-state index is 12.9. The number of nitrogens with zero attached hydrogens (tertiary/aromatic N) is 1. The number of carbonyl (C=O) groups excluding carboxylic acids is 1. The van der Waals surface area contributed by atoms with E-state index in [0.717, 1.165) is 11.8 Å². The smallest absolute Gasteiger partial charge is 0.251 e. The van der Waals surface area contributed by atoms with Crippen LogP contribution in [0.2, 0.25) is 0 Å². The number of rotatable bonds is 8. The number of sulfonamides is 1. The normalized spacial score (nSPS) is 11.4. The summed E-state index contributed by atoms with van der Waals surface area (Å²) in [7, 11) is -1.96. The number of halogens is 1. The van der Waals surface area contributed by atoms with Gasteiger partial charge in [0.1, 0.15) is 11.6 Å². The van der Waals surface area contributed by atoms with Crippen molar-refractivity contribution in [2.24, 2.45) is 0 Å². The fourth-order valence-electron chi connectivity index (χ4n) is 2.38. The van der Waals surface area contributed by atoms with Crippen molar-refractivity contribution in [1.29, 1.82) is 0 Å². The van der Waals surface area contributed by atoms with Crippen LogP contribution < -0.4 is 10.1 Å². The minimum atomic E-state index is -3.48. The Balaban J connectivity index is 2.00. The second-order valence-electron chi connectivity index (χ2n) is 5.67. The Bertz CT molecular complexity index is 854. The summed E-state index contributed by atoms with van der Waals surface area (Å²) in [6.07, 6.45) is 1.12. The third-order valence-electron chi connectivity index (χ3n) is 3.76. The average Bonchev–Trinajstić information content (AvgIpc) is 2.60. The van der Waals surface area contributed by atoms with Crippen LogP contribution in [0, 0.1) is 5.82 Å². The highest BCUT2D eigenvalue weighted by Crippen LogP contribution is 2.20. The van der Waals surface area contributed by atoms with Crippen LogP contribution in [-0.2, 0) is 16.6 Å². The maximum absolute atomic E-state index is 12.9. The van der Waals surface area contributed by atoms with Crippen molar-refractivity contribution in [3.05, 3.63) is 65.5 Å². The van der Waals surface area contributed by atoms with Gasteiger partial charge < -0.3 is 10.1 Å². The van der Waals surface area contributed by atoms with Crippen LogP contribution >= 0.6 is 0 Å². The van der Waals surface area contributed by atoms with Crippen LogP contribution in [0.1, 0.15) is 15.9 Å². The van der Waals surface area contributed by atoms with E-state index in [1.54, 1.807) is 24.3 Å². The van der Waals surface area contributed by atoms with Gasteiger partial charge in [-0.2, -0.15) is 4.31 Å². The molecule has 0 unspecified atom stereocenters. The zero-order chi connectivity index (χ0) is 19.2. The summed E-state index contributed by atoms with van der Waals surface area (Å²) in [6.45, 7) is 0.359. The molecule has 0 atom stereocenters. The molecule has 0 aliphatic heterocycles. The second kappa shape index (κ2) is 8.77. The summed E-state index contributed by atoms with van der Waals surface area (Å²) in [5, 5.41) is 2.64. The highest BCUT2D eigenvalue weighted by molar-refractivity contribution is 7.88. The number of amides is 1. The largest absolute Gasteiger partial charge is 0.496 e. The van der Waals surface area contributed by atoms with Gasteiger partial charge in [0.15, 0.2) is 0 Å². The molecule has 0 radical (unpaired) electrons. The molecule has 0 heterocycles. The summed E-state index contributed by atoms with van der Waals surface area (Å²) < 4.78 is 43.5. The lowest BCUT2D eigenvalue weighted by atomic mass is 10.2. The second-order valence-corrected chi connectivity index (χ2v) is 7.65. The molecule has 0 bridgehead atoms. The molecule has 0 fully saturated rings. The Labute approximate surface area is 152 Å². The number of methoxy groups -OCH3 is 1. The molecule has 1 N–H and O–H groups in total. The molecule has 0 aliphatic carbocycles. The van der Waals surface area contributed by atoms with E-state index in [4.69, 9.17) is 4.74 Å². The molecule has 0 aliphatic rings. The fraction of sp³-hybridized carbons (Fsp3) is 0.278. The summed E-state index contributed by atoms with van der Waals surface area (Å²) in [4.78, 5) is 12.0. The number of hydrogen-bond acceptors (Lipinski definition) is 4. The standard InChI is InChI=1S/C18H21FN2O4S/c1-25-17-6-4-3-5-15(17)13-21(26(2,23)24)12-11-20-18(22)14-7-9-16(19)10-8-14/h3-10H,11-13H2,1-2H3,(H,20,22). The van der Waals surface area contributed by atoms with Gasteiger partial charge in [-0.1, -0.05) is 18.2 Å². The Morgan fingerprint density at radius 2 is 1.81 bits per heavy atom. The van der Waals surface area contributed by atoms with Crippen molar-refractivity contribution in [1.82, 2.24) is 9.62 Å². The first-order valence-electron chi connectivity index (χ1n) is 7.92. The molecule has 140 valence electrons. The predicted molar refractivity (Wildman–Crippen MR) is 97.0 cm³/mol. The number of carbonyl (C=O) groups is 1. The summed E-state index contributed by atoms with van der Waals surface area (Å²) in [5.74, 6) is -0.228. The third kappa shape index (κ3) is 5.53. The molecular formula is C18H21FN2O4S. The van der Waals surface area contributed by atoms with E-state index in [9.17, 15) is 17.6 Å². The van der Waals surface area contributed by atoms with Crippen molar-refractivity contribution >= 4 is 15.9 Å². The van der Waals surface area contributed by atoms with E-state index in [1.807, 2.05) is 0 Å². The minimum absolute atomic E-state index is 0.101.